The predicted octanol–water partition coefficient (Wildman–Crippen LogP) is 2.40. The van der Waals surface area contributed by atoms with E-state index in [-0.39, 0.29) is 18.1 Å². The molecule has 0 bridgehead atoms. The van der Waals surface area contributed by atoms with Crippen molar-refractivity contribution in [2.24, 2.45) is 5.92 Å². The summed E-state index contributed by atoms with van der Waals surface area (Å²) in [4.78, 5) is 0. The van der Waals surface area contributed by atoms with Crippen molar-refractivity contribution in [3.8, 4) is 11.8 Å². The molecule has 1 rings (SSSR count). The maximum atomic E-state index is 11.7. The second kappa shape index (κ2) is 7.15. The maximum absolute atomic E-state index is 11.7. The Kier molecular flexibility index (Phi) is 5.84. The minimum atomic E-state index is -3.07. The van der Waals surface area contributed by atoms with Crippen LogP contribution in [0.4, 0.5) is 0 Å². The van der Waals surface area contributed by atoms with Crippen molar-refractivity contribution < 1.29 is 13.2 Å². The zero-order valence-corrected chi connectivity index (χ0v) is 12.1. The van der Waals surface area contributed by atoms with Gasteiger partial charge in [-0.05, 0) is 24.5 Å². The van der Waals surface area contributed by atoms with Gasteiger partial charge in [0.2, 0.25) is 0 Å². The lowest BCUT2D eigenvalue weighted by Gasteiger charge is -2.09. The van der Waals surface area contributed by atoms with E-state index in [2.05, 4.69) is 0 Å². The van der Waals surface area contributed by atoms with Crippen LogP contribution in [-0.2, 0) is 9.84 Å². The monoisotopic (exact) mass is 281 g/mol. The van der Waals surface area contributed by atoms with Crippen LogP contribution in [0, 0.1) is 17.2 Å². The molecule has 0 amide bonds. The number of sulfone groups is 1. The zero-order chi connectivity index (χ0) is 14.3. The van der Waals surface area contributed by atoms with E-state index >= 15 is 0 Å². The first-order valence-electron chi connectivity index (χ1n) is 6.27. The quantitative estimate of drug-likeness (QED) is 0.769. The van der Waals surface area contributed by atoms with Crippen molar-refractivity contribution in [1.29, 1.82) is 5.26 Å². The third-order valence-electron chi connectivity index (χ3n) is 2.67. The van der Waals surface area contributed by atoms with Gasteiger partial charge in [-0.2, -0.15) is 5.26 Å². The second-order valence-corrected chi connectivity index (χ2v) is 7.09. The molecule has 4 nitrogen and oxygen atoms in total. The first-order chi connectivity index (χ1) is 8.94. The summed E-state index contributed by atoms with van der Waals surface area (Å²) in [6, 6.07) is 8.81. The first kappa shape index (κ1) is 15.5. The van der Waals surface area contributed by atoms with Crippen LogP contribution < -0.4 is 4.74 Å². The number of ether oxygens (including phenoxy) is 1. The first-order valence-corrected chi connectivity index (χ1v) is 8.09. The maximum Gasteiger partial charge on any atom is 0.153 e. The number of benzene rings is 1. The van der Waals surface area contributed by atoms with Gasteiger partial charge in [-0.15, -0.1) is 0 Å². The van der Waals surface area contributed by atoms with E-state index in [1.54, 1.807) is 24.3 Å². The van der Waals surface area contributed by atoms with Crippen LogP contribution in [0.15, 0.2) is 24.3 Å². The second-order valence-electron chi connectivity index (χ2n) is 4.79. The highest BCUT2D eigenvalue weighted by molar-refractivity contribution is 7.91. The highest BCUT2D eigenvalue weighted by Gasteiger charge is 2.12. The standard InChI is InChI=1S/C14H19NO3S/c1-12(2)7-9-19(16,17)10-8-18-14-6-4-3-5-13(14)11-15/h3-6,12H,7-10H2,1-2H3. The molecule has 0 radical (unpaired) electrons. The molecule has 0 spiro atoms. The molecule has 0 aromatic heterocycles. The summed E-state index contributed by atoms with van der Waals surface area (Å²) in [5, 5.41) is 8.87. The third-order valence-corrected chi connectivity index (χ3v) is 4.31. The fourth-order valence-corrected chi connectivity index (χ4v) is 2.85. The van der Waals surface area contributed by atoms with Gasteiger partial charge in [0, 0.05) is 0 Å². The van der Waals surface area contributed by atoms with E-state index in [4.69, 9.17) is 10.00 Å². The molecule has 1 aromatic carbocycles. The summed E-state index contributed by atoms with van der Waals surface area (Å²) in [6.07, 6.45) is 0.664. The zero-order valence-electron chi connectivity index (χ0n) is 11.3. The summed E-state index contributed by atoms with van der Waals surface area (Å²) in [6.45, 7) is 4.07. The molecule has 0 heterocycles. The van der Waals surface area contributed by atoms with Crippen LogP contribution in [-0.4, -0.2) is 26.5 Å². The smallest absolute Gasteiger partial charge is 0.153 e. The van der Waals surface area contributed by atoms with Crippen LogP contribution in [0.1, 0.15) is 25.8 Å². The van der Waals surface area contributed by atoms with Gasteiger partial charge < -0.3 is 4.74 Å². The van der Waals surface area contributed by atoms with Gasteiger partial charge >= 0.3 is 0 Å². The number of nitriles is 1. The number of hydrogen-bond donors (Lipinski definition) is 0. The highest BCUT2D eigenvalue weighted by atomic mass is 32.2. The molecule has 0 saturated heterocycles. The van der Waals surface area contributed by atoms with E-state index in [0.717, 1.165) is 0 Å². The summed E-state index contributed by atoms with van der Waals surface area (Å²) in [7, 11) is -3.07. The van der Waals surface area contributed by atoms with Gasteiger partial charge in [0.15, 0.2) is 9.84 Å². The number of para-hydroxylation sites is 1. The minimum Gasteiger partial charge on any atom is -0.491 e. The van der Waals surface area contributed by atoms with E-state index in [9.17, 15) is 8.42 Å². The molecular formula is C14H19NO3S. The average Bonchev–Trinajstić information content (AvgIpc) is 2.37. The topological polar surface area (TPSA) is 67.2 Å². The molecule has 1 aromatic rings. The van der Waals surface area contributed by atoms with E-state index < -0.39 is 9.84 Å². The summed E-state index contributed by atoms with van der Waals surface area (Å²) in [5.41, 5.74) is 0.419. The molecule has 0 N–H and O–H groups in total. The summed E-state index contributed by atoms with van der Waals surface area (Å²) < 4.78 is 28.8. The Labute approximate surface area is 114 Å². The van der Waals surface area contributed by atoms with Gasteiger partial charge in [-0.3, -0.25) is 0 Å². The normalized spacial score (nSPS) is 11.3. The largest absolute Gasteiger partial charge is 0.491 e. The van der Waals surface area contributed by atoms with Gasteiger partial charge in [0.05, 0.1) is 17.1 Å². The van der Waals surface area contributed by atoms with Crippen LogP contribution in [0.3, 0.4) is 0 Å². The number of hydrogen-bond acceptors (Lipinski definition) is 4. The lowest BCUT2D eigenvalue weighted by molar-refractivity contribution is 0.339. The summed E-state index contributed by atoms with van der Waals surface area (Å²) in [5.74, 6) is 0.979. The molecule has 0 saturated carbocycles. The molecule has 0 fully saturated rings. The highest BCUT2D eigenvalue weighted by Crippen LogP contribution is 2.16. The lowest BCUT2D eigenvalue weighted by Crippen LogP contribution is -2.18. The van der Waals surface area contributed by atoms with Gasteiger partial charge in [-0.1, -0.05) is 26.0 Å². The SMILES string of the molecule is CC(C)CCS(=O)(=O)CCOc1ccccc1C#N. The van der Waals surface area contributed by atoms with Crippen LogP contribution in [0.2, 0.25) is 0 Å². The van der Waals surface area contributed by atoms with Crippen LogP contribution in [0.25, 0.3) is 0 Å². The lowest BCUT2D eigenvalue weighted by atomic mass is 10.2. The fraction of sp³-hybridized carbons (Fsp3) is 0.500. The van der Waals surface area contributed by atoms with E-state index in [1.807, 2.05) is 19.9 Å². The van der Waals surface area contributed by atoms with Gasteiger partial charge in [0.25, 0.3) is 0 Å². The Morgan fingerprint density at radius 1 is 1.26 bits per heavy atom. The van der Waals surface area contributed by atoms with Crippen molar-refractivity contribution in [3.05, 3.63) is 29.8 Å². The Balaban J connectivity index is 2.48. The predicted molar refractivity (Wildman–Crippen MR) is 74.8 cm³/mol. The summed E-state index contributed by atoms with van der Waals surface area (Å²) >= 11 is 0. The van der Waals surface area contributed by atoms with Crippen LogP contribution in [0.5, 0.6) is 5.75 Å². The molecule has 0 aliphatic carbocycles. The van der Waals surface area contributed by atoms with E-state index in [0.29, 0.717) is 23.7 Å². The Morgan fingerprint density at radius 3 is 2.58 bits per heavy atom. The Hall–Kier alpha value is -1.54. The molecule has 5 heteroatoms. The molecular weight excluding hydrogens is 262 g/mol. The Bertz CT molecular complexity index is 544. The molecule has 19 heavy (non-hydrogen) atoms. The van der Waals surface area contributed by atoms with Crippen molar-refractivity contribution in [2.75, 3.05) is 18.1 Å². The van der Waals surface area contributed by atoms with E-state index in [1.165, 1.54) is 0 Å². The molecule has 104 valence electrons. The fourth-order valence-electron chi connectivity index (χ4n) is 1.48. The van der Waals surface area contributed by atoms with Gasteiger partial charge in [0.1, 0.15) is 18.4 Å². The molecule has 0 atom stereocenters. The molecule has 0 aliphatic rings. The van der Waals surface area contributed by atoms with Crippen LogP contribution >= 0.6 is 0 Å². The van der Waals surface area contributed by atoms with Crippen molar-refractivity contribution in [3.63, 3.8) is 0 Å². The number of rotatable bonds is 7. The minimum absolute atomic E-state index is 0.0144. The molecule has 0 unspecified atom stereocenters. The van der Waals surface area contributed by atoms with Crippen molar-refractivity contribution in [2.45, 2.75) is 20.3 Å². The molecule has 0 aliphatic heterocycles. The average molecular weight is 281 g/mol. The van der Waals surface area contributed by atoms with Gasteiger partial charge in [-0.25, -0.2) is 8.42 Å². The number of nitrogens with zero attached hydrogens (tertiary/aromatic N) is 1. The van der Waals surface area contributed by atoms with Crippen molar-refractivity contribution in [1.82, 2.24) is 0 Å². The Morgan fingerprint density at radius 2 is 1.95 bits per heavy atom. The third kappa shape index (κ3) is 5.75. The van der Waals surface area contributed by atoms with Crippen molar-refractivity contribution >= 4 is 9.84 Å².